The minimum atomic E-state index is -1.18. The Morgan fingerprint density at radius 1 is 1.24 bits per heavy atom. The van der Waals surface area contributed by atoms with Gasteiger partial charge < -0.3 is 16.2 Å². The van der Waals surface area contributed by atoms with Gasteiger partial charge in [0.15, 0.2) is 0 Å². The predicted molar refractivity (Wildman–Crippen MR) is 129 cm³/mol. The molecule has 1 aliphatic heterocycles. The topological polar surface area (TPSA) is 148 Å². The van der Waals surface area contributed by atoms with E-state index in [-0.39, 0.29) is 17.7 Å². The van der Waals surface area contributed by atoms with Crippen LogP contribution in [0, 0.1) is 5.41 Å². The fraction of sp³-hybridized carbons (Fsp3) is 0.560. The molecule has 9 nitrogen and oxygen atoms in total. The second kappa shape index (κ2) is 11.0. The van der Waals surface area contributed by atoms with Crippen LogP contribution in [0.5, 0.6) is 0 Å². The summed E-state index contributed by atoms with van der Waals surface area (Å²) in [6, 6.07) is 4.33. The van der Waals surface area contributed by atoms with E-state index >= 15 is 0 Å². The van der Waals surface area contributed by atoms with Crippen LogP contribution in [-0.4, -0.2) is 57.8 Å². The largest absolute Gasteiger partial charge is 0.474 e. The van der Waals surface area contributed by atoms with Crippen LogP contribution in [0.3, 0.4) is 0 Å². The third kappa shape index (κ3) is 5.95. The van der Waals surface area contributed by atoms with Crippen molar-refractivity contribution in [1.29, 1.82) is 5.41 Å². The summed E-state index contributed by atoms with van der Waals surface area (Å²) in [5, 5.41) is 23.7. The van der Waals surface area contributed by atoms with E-state index < -0.39 is 23.6 Å². The Balaban J connectivity index is 2.04. The third-order valence-corrected chi connectivity index (χ3v) is 6.86. The zero-order valence-corrected chi connectivity index (χ0v) is 20.0. The van der Waals surface area contributed by atoms with E-state index in [4.69, 9.17) is 11.1 Å². The van der Waals surface area contributed by atoms with E-state index in [1.165, 1.54) is 4.58 Å². The number of benzene rings is 1. The fourth-order valence-electron chi connectivity index (χ4n) is 4.88. The van der Waals surface area contributed by atoms with Gasteiger partial charge in [-0.25, -0.2) is 9.59 Å². The van der Waals surface area contributed by atoms with Crippen molar-refractivity contribution in [3.63, 3.8) is 0 Å². The number of carboxylic acid groups (broad SMARTS) is 1. The summed E-state index contributed by atoms with van der Waals surface area (Å²) in [5.41, 5.74) is 6.54. The first kappa shape index (κ1) is 25.7. The molecule has 1 unspecified atom stereocenters. The number of piperidine rings is 1. The lowest BCUT2D eigenvalue weighted by Crippen LogP contribution is -2.57. The normalized spacial score (nSPS) is 22.6. The van der Waals surface area contributed by atoms with Crippen LogP contribution in [0.15, 0.2) is 18.2 Å². The van der Waals surface area contributed by atoms with Crippen molar-refractivity contribution in [2.45, 2.75) is 82.8 Å². The molecule has 9 heteroatoms. The summed E-state index contributed by atoms with van der Waals surface area (Å²) in [4.78, 5) is 37.5. The van der Waals surface area contributed by atoms with Crippen molar-refractivity contribution < 1.29 is 24.1 Å². The fourth-order valence-corrected chi connectivity index (χ4v) is 4.88. The molecule has 34 heavy (non-hydrogen) atoms. The first-order valence-electron chi connectivity index (χ1n) is 12.1. The second-order valence-corrected chi connectivity index (χ2v) is 9.59. The van der Waals surface area contributed by atoms with Crippen LogP contribution in [0.4, 0.5) is 0 Å². The molecule has 1 heterocycles. The zero-order valence-electron chi connectivity index (χ0n) is 20.0. The Morgan fingerprint density at radius 2 is 1.94 bits per heavy atom. The molecule has 1 aromatic carbocycles. The van der Waals surface area contributed by atoms with Gasteiger partial charge in [0, 0.05) is 25.5 Å². The number of hydrogen-bond acceptors (Lipinski definition) is 6. The molecule has 1 aliphatic carbocycles. The maximum Gasteiger partial charge on any atom is 0.421 e. The summed E-state index contributed by atoms with van der Waals surface area (Å²) < 4.78 is 1.32. The Morgan fingerprint density at radius 3 is 2.53 bits per heavy atom. The summed E-state index contributed by atoms with van der Waals surface area (Å²) >= 11 is 0. The number of nitrogens with zero attached hydrogens (tertiary/aromatic N) is 1. The molecule has 2 amide bonds. The number of rotatable bonds is 6. The highest BCUT2D eigenvalue weighted by molar-refractivity contribution is 6.21. The van der Waals surface area contributed by atoms with E-state index in [2.05, 4.69) is 10.6 Å². The molecule has 0 radical (unpaired) electrons. The molecule has 2 atom stereocenters. The predicted octanol–water partition coefficient (Wildman–Crippen LogP) is 2.32. The van der Waals surface area contributed by atoms with Crippen molar-refractivity contribution in [3.8, 4) is 0 Å². The molecule has 0 aromatic heterocycles. The smallest absolute Gasteiger partial charge is 0.421 e. The van der Waals surface area contributed by atoms with Crippen molar-refractivity contribution in [2.24, 2.45) is 5.73 Å². The average Bonchev–Trinajstić information content (AvgIpc) is 2.82. The van der Waals surface area contributed by atoms with Crippen LogP contribution < -0.4 is 16.4 Å². The molecule has 0 bridgehead atoms. The van der Waals surface area contributed by atoms with Gasteiger partial charge in [-0.05, 0) is 56.2 Å². The van der Waals surface area contributed by atoms with Gasteiger partial charge in [-0.3, -0.25) is 15.5 Å². The Labute approximate surface area is 200 Å². The van der Waals surface area contributed by atoms with E-state index in [1.54, 1.807) is 25.1 Å². The monoisotopic (exact) mass is 470 g/mol. The van der Waals surface area contributed by atoms with Gasteiger partial charge >= 0.3 is 11.9 Å². The first-order valence-corrected chi connectivity index (χ1v) is 12.1. The van der Waals surface area contributed by atoms with Crippen LogP contribution in [0.2, 0.25) is 0 Å². The molecule has 1 aromatic rings. The molecule has 3 rings (SSSR count). The molecule has 1 saturated carbocycles. The number of amides is 2. The second-order valence-electron chi connectivity index (χ2n) is 9.59. The zero-order chi connectivity index (χ0) is 24.9. The molecular weight excluding hydrogens is 434 g/mol. The number of nitrogens with one attached hydrogen (secondary N) is 3. The maximum absolute atomic E-state index is 13.8. The first-order chi connectivity index (χ1) is 16.1. The lowest BCUT2D eigenvalue weighted by molar-refractivity contribution is -0.525. The van der Waals surface area contributed by atoms with Gasteiger partial charge in [-0.2, -0.15) is 0 Å². The molecule has 184 valence electrons. The lowest BCUT2D eigenvalue weighted by Gasteiger charge is -2.31. The Bertz CT molecular complexity index is 989. The highest BCUT2D eigenvalue weighted by Gasteiger charge is 2.43. The van der Waals surface area contributed by atoms with Gasteiger partial charge in [0.05, 0.1) is 11.6 Å². The van der Waals surface area contributed by atoms with E-state index in [0.717, 1.165) is 56.7 Å². The highest BCUT2D eigenvalue weighted by Crippen LogP contribution is 2.36. The lowest BCUT2D eigenvalue weighted by atomic mass is 9.81. The number of hydrogen-bond donors (Lipinski definition) is 5. The van der Waals surface area contributed by atoms with Gasteiger partial charge in [-0.1, -0.05) is 25.3 Å². The molecule has 1 saturated heterocycles. The molecule has 0 spiro atoms. The number of carboxylic acids is 1. The molecule has 2 aliphatic rings. The van der Waals surface area contributed by atoms with Crippen LogP contribution in [0.25, 0.3) is 0 Å². The van der Waals surface area contributed by atoms with Crippen LogP contribution in [-0.2, 0) is 9.59 Å². The van der Waals surface area contributed by atoms with Crippen molar-refractivity contribution >= 4 is 29.8 Å². The summed E-state index contributed by atoms with van der Waals surface area (Å²) in [7, 11) is 0. The van der Waals surface area contributed by atoms with E-state index in [0.29, 0.717) is 24.1 Å². The summed E-state index contributed by atoms with van der Waals surface area (Å²) in [6.07, 6.45) is 8.55. The summed E-state index contributed by atoms with van der Waals surface area (Å²) in [5.74, 6) is -1.96. The number of amidine groups is 1. The van der Waals surface area contributed by atoms with E-state index in [1.807, 2.05) is 6.92 Å². The van der Waals surface area contributed by atoms with E-state index in [9.17, 15) is 19.5 Å². The average molecular weight is 471 g/mol. The minimum Gasteiger partial charge on any atom is -0.474 e. The summed E-state index contributed by atoms with van der Waals surface area (Å²) in [6.45, 7) is 4.11. The standard InChI is InChI=1S/C25H35N5O4/c1-16(26)23(33)29-22(27)18-10-11-19(20(14-18)17-8-4-3-5-9-17)24(34)30(15-21(31)32)25(2)12-6-7-13-28-25/h10-11,14-17,28H,3-9,12-13,26H2,1-2H3,(H2-,27,29,31,32,33)/p+1/t16-,25?/m0/s1. The van der Waals surface area contributed by atoms with Gasteiger partial charge in [0.2, 0.25) is 11.6 Å². The SMILES string of the molecule is C[C@H](N)C(=O)NC(=N)c1ccc(C(=O)[N+](=CC(=O)O)C2(C)CCCCN2)c(C2CCCCC2)c1. The Kier molecular flexibility index (Phi) is 8.33. The van der Waals surface area contributed by atoms with Gasteiger partial charge in [0.1, 0.15) is 5.84 Å². The van der Waals surface area contributed by atoms with Crippen molar-refractivity contribution in [3.05, 3.63) is 34.9 Å². The Hall–Kier alpha value is -2.91. The number of carbonyl (C=O) groups is 3. The molecule has 6 N–H and O–H groups in total. The number of aliphatic carboxylic acids is 1. The van der Waals surface area contributed by atoms with Gasteiger partial charge in [-0.15, -0.1) is 4.58 Å². The van der Waals surface area contributed by atoms with Crippen LogP contribution in [0.1, 0.15) is 92.6 Å². The maximum atomic E-state index is 13.8. The number of nitrogens with two attached hydrogens (primary N) is 1. The van der Waals surface area contributed by atoms with Crippen molar-refractivity contribution in [2.75, 3.05) is 6.54 Å². The quantitative estimate of drug-likeness (QED) is 0.245. The number of carbonyl (C=O) groups excluding carboxylic acids is 2. The van der Waals surface area contributed by atoms with Gasteiger partial charge in [0.25, 0.3) is 6.21 Å². The highest BCUT2D eigenvalue weighted by atomic mass is 16.4. The molecular formula is C25H36N5O4+. The minimum absolute atomic E-state index is 0.0757. The van der Waals surface area contributed by atoms with Crippen LogP contribution >= 0.6 is 0 Å². The van der Waals surface area contributed by atoms with Crippen molar-refractivity contribution in [1.82, 2.24) is 10.6 Å². The third-order valence-electron chi connectivity index (χ3n) is 6.86. The molecule has 2 fully saturated rings.